The van der Waals surface area contributed by atoms with Crippen LogP contribution in [0.1, 0.15) is 18.2 Å². The Hall–Kier alpha value is -2.31. The minimum absolute atomic E-state index is 0.515. The number of aryl methyl sites for hydroxylation is 3. The van der Waals surface area contributed by atoms with E-state index in [2.05, 4.69) is 22.1 Å². The maximum atomic E-state index is 6.03. The first-order valence-electron chi connectivity index (χ1n) is 6.25. The summed E-state index contributed by atoms with van der Waals surface area (Å²) in [4.78, 5) is 4.44. The van der Waals surface area contributed by atoms with Crippen molar-refractivity contribution < 1.29 is 0 Å². The summed E-state index contributed by atoms with van der Waals surface area (Å²) in [6.07, 6.45) is 4.66. The standard InChI is InChI=1S/C12H17N7/c1-4-9-10-11(18(3)16-9)19(12(13)15-10)7-8-5-14-17(2)6-8/h5-6H,4,7H2,1-3H3,(H2,13,15). The van der Waals surface area contributed by atoms with Gasteiger partial charge in [0.2, 0.25) is 5.95 Å². The molecule has 0 aliphatic heterocycles. The smallest absolute Gasteiger partial charge is 0.202 e. The molecule has 0 saturated carbocycles. The van der Waals surface area contributed by atoms with E-state index >= 15 is 0 Å². The number of rotatable bonds is 3. The molecule has 0 amide bonds. The Bertz CT molecular complexity index is 731. The van der Waals surface area contributed by atoms with Crippen molar-refractivity contribution in [3.05, 3.63) is 23.7 Å². The van der Waals surface area contributed by atoms with Crippen molar-refractivity contribution >= 4 is 17.1 Å². The normalized spacial score (nSPS) is 11.5. The molecule has 0 aliphatic rings. The van der Waals surface area contributed by atoms with Crippen molar-refractivity contribution in [1.29, 1.82) is 0 Å². The molecule has 3 aromatic heterocycles. The van der Waals surface area contributed by atoms with Crippen LogP contribution in [0, 0.1) is 0 Å². The Balaban J connectivity index is 2.12. The molecule has 0 radical (unpaired) electrons. The predicted octanol–water partition coefficient (Wildman–Crippen LogP) is 0.696. The van der Waals surface area contributed by atoms with Gasteiger partial charge in [0.1, 0.15) is 5.52 Å². The number of hydrogen-bond acceptors (Lipinski definition) is 4. The third-order valence-electron chi connectivity index (χ3n) is 3.25. The van der Waals surface area contributed by atoms with E-state index in [4.69, 9.17) is 5.73 Å². The highest BCUT2D eigenvalue weighted by Gasteiger charge is 2.17. The van der Waals surface area contributed by atoms with Crippen LogP contribution in [-0.4, -0.2) is 29.1 Å². The van der Waals surface area contributed by atoms with Crippen molar-refractivity contribution in [2.24, 2.45) is 14.1 Å². The molecule has 3 rings (SSSR count). The average molecular weight is 259 g/mol. The molecule has 7 heteroatoms. The average Bonchev–Trinajstić information content (AvgIpc) is 3.00. The van der Waals surface area contributed by atoms with E-state index in [0.717, 1.165) is 28.8 Å². The molecule has 0 spiro atoms. The fraction of sp³-hybridized carbons (Fsp3) is 0.417. The second-order valence-electron chi connectivity index (χ2n) is 4.67. The molecule has 2 N–H and O–H groups in total. The SMILES string of the molecule is CCc1nn(C)c2c1nc(N)n2Cc1cnn(C)c1. The molecule has 3 heterocycles. The monoisotopic (exact) mass is 259 g/mol. The van der Waals surface area contributed by atoms with Crippen LogP contribution in [0.5, 0.6) is 0 Å². The first-order chi connectivity index (χ1) is 9.10. The second-order valence-corrected chi connectivity index (χ2v) is 4.67. The van der Waals surface area contributed by atoms with E-state index in [9.17, 15) is 0 Å². The Morgan fingerprint density at radius 1 is 1.32 bits per heavy atom. The molecule has 0 aliphatic carbocycles. The zero-order chi connectivity index (χ0) is 13.6. The Kier molecular flexibility index (Phi) is 2.55. The summed E-state index contributed by atoms with van der Waals surface area (Å²) < 4.78 is 5.59. The third kappa shape index (κ3) is 1.78. The van der Waals surface area contributed by atoms with Gasteiger partial charge < -0.3 is 5.73 Å². The zero-order valence-electron chi connectivity index (χ0n) is 11.3. The highest BCUT2D eigenvalue weighted by molar-refractivity contribution is 5.77. The quantitative estimate of drug-likeness (QED) is 0.750. The van der Waals surface area contributed by atoms with Crippen molar-refractivity contribution in [3.8, 4) is 0 Å². The van der Waals surface area contributed by atoms with Gasteiger partial charge in [0, 0.05) is 25.9 Å². The van der Waals surface area contributed by atoms with E-state index in [1.54, 1.807) is 4.68 Å². The van der Waals surface area contributed by atoms with E-state index < -0.39 is 0 Å². The van der Waals surface area contributed by atoms with E-state index in [0.29, 0.717) is 12.5 Å². The van der Waals surface area contributed by atoms with Gasteiger partial charge in [0.25, 0.3) is 0 Å². The van der Waals surface area contributed by atoms with Gasteiger partial charge in [-0.3, -0.25) is 13.9 Å². The number of imidazole rings is 1. The number of anilines is 1. The summed E-state index contributed by atoms with van der Waals surface area (Å²) >= 11 is 0. The van der Waals surface area contributed by atoms with Gasteiger partial charge in [0.15, 0.2) is 5.65 Å². The third-order valence-corrected chi connectivity index (χ3v) is 3.25. The molecule has 3 aromatic rings. The summed E-state index contributed by atoms with van der Waals surface area (Å²) in [5.74, 6) is 0.515. The molecule has 0 atom stereocenters. The van der Waals surface area contributed by atoms with E-state index in [1.807, 2.05) is 35.7 Å². The van der Waals surface area contributed by atoms with Gasteiger partial charge in [-0.2, -0.15) is 10.2 Å². The predicted molar refractivity (Wildman–Crippen MR) is 72.6 cm³/mol. The maximum absolute atomic E-state index is 6.03. The fourth-order valence-corrected chi connectivity index (χ4v) is 2.39. The largest absolute Gasteiger partial charge is 0.369 e. The van der Waals surface area contributed by atoms with Gasteiger partial charge in [-0.25, -0.2) is 4.98 Å². The fourth-order valence-electron chi connectivity index (χ4n) is 2.39. The Labute approximate surface area is 110 Å². The highest BCUT2D eigenvalue weighted by Crippen LogP contribution is 2.22. The molecule has 0 bridgehead atoms. The van der Waals surface area contributed by atoms with Crippen molar-refractivity contribution in [2.45, 2.75) is 19.9 Å². The van der Waals surface area contributed by atoms with Gasteiger partial charge in [-0.05, 0) is 6.42 Å². The Morgan fingerprint density at radius 2 is 2.11 bits per heavy atom. The lowest BCUT2D eigenvalue weighted by Gasteiger charge is -2.04. The van der Waals surface area contributed by atoms with Gasteiger partial charge in [0.05, 0.1) is 18.4 Å². The zero-order valence-corrected chi connectivity index (χ0v) is 11.3. The number of aromatic nitrogens is 6. The number of nitrogens with two attached hydrogens (primary N) is 1. The molecule has 0 fully saturated rings. The maximum Gasteiger partial charge on any atom is 0.202 e. The van der Waals surface area contributed by atoms with Crippen LogP contribution in [0.25, 0.3) is 11.2 Å². The van der Waals surface area contributed by atoms with Crippen LogP contribution in [-0.2, 0) is 27.1 Å². The van der Waals surface area contributed by atoms with Crippen LogP contribution >= 0.6 is 0 Å². The first kappa shape index (κ1) is 11.8. The van der Waals surface area contributed by atoms with Crippen LogP contribution < -0.4 is 5.73 Å². The lowest BCUT2D eigenvalue weighted by molar-refractivity contribution is 0.718. The van der Waals surface area contributed by atoms with Crippen molar-refractivity contribution in [2.75, 3.05) is 5.73 Å². The number of fused-ring (bicyclic) bond motifs is 1. The second kappa shape index (κ2) is 4.11. The minimum atomic E-state index is 0.515. The highest BCUT2D eigenvalue weighted by atomic mass is 15.3. The van der Waals surface area contributed by atoms with Crippen LogP contribution in [0.3, 0.4) is 0 Å². The van der Waals surface area contributed by atoms with E-state index in [1.165, 1.54) is 0 Å². The summed E-state index contributed by atoms with van der Waals surface area (Å²) in [6.45, 7) is 2.72. The number of nitrogen functional groups attached to an aromatic ring is 1. The van der Waals surface area contributed by atoms with Gasteiger partial charge in [-0.15, -0.1) is 0 Å². The number of nitrogens with zero attached hydrogens (tertiary/aromatic N) is 6. The summed E-state index contributed by atoms with van der Waals surface area (Å²) in [5.41, 5.74) is 9.95. The Morgan fingerprint density at radius 3 is 2.74 bits per heavy atom. The molecule has 7 nitrogen and oxygen atoms in total. The van der Waals surface area contributed by atoms with Crippen molar-refractivity contribution in [3.63, 3.8) is 0 Å². The summed E-state index contributed by atoms with van der Waals surface area (Å²) in [7, 11) is 3.82. The topological polar surface area (TPSA) is 79.5 Å². The van der Waals surface area contributed by atoms with Gasteiger partial charge in [-0.1, -0.05) is 6.92 Å². The lowest BCUT2D eigenvalue weighted by atomic mass is 10.3. The molecule has 0 aromatic carbocycles. The van der Waals surface area contributed by atoms with Crippen LogP contribution in [0.4, 0.5) is 5.95 Å². The van der Waals surface area contributed by atoms with Crippen LogP contribution in [0.2, 0.25) is 0 Å². The molecular formula is C12H17N7. The lowest BCUT2D eigenvalue weighted by Crippen LogP contribution is -2.07. The summed E-state index contributed by atoms with van der Waals surface area (Å²) in [6, 6.07) is 0. The molecule has 19 heavy (non-hydrogen) atoms. The first-order valence-corrected chi connectivity index (χ1v) is 6.25. The number of hydrogen-bond donors (Lipinski definition) is 1. The summed E-state index contributed by atoms with van der Waals surface area (Å²) in [5, 5.41) is 8.64. The molecule has 0 saturated heterocycles. The molecule has 0 unspecified atom stereocenters. The molecular weight excluding hydrogens is 242 g/mol. The van der Waals surface area contributed by atoms with Gasteiger partial charge >= 0.3 is 0 Å². The van der Waals surface area contributed by atoms with E-state index in [-0.39, 0.29) is 0 Å². The van der Waals surface area contributed by atoms with Crippen LogP contribution in [0.15, 0.2) is 12.4 Å². The van der Waals surface area contributed by atoms with Crippen molar-refractivity contribution in [1.82, 2.24) is 29.1 Å². The minimum Gasteiger partial charge on any atom is -0.369 e. The molecule has 100 valence electrons.